The maximum Gasteiger partial charge on any atom is 0.119 e. The third-order valence-corrected chi connectivity index (χ3v) is 3.17. The lowest BCUT2D eigenvalue weighted by Gasteiger charge is -2.16. The Morgan fingerprint density at radius 3 is 2.22 bits per heavy atom. The van der Waals surface area contributed by atoms with Gasteiger partial charge in [0, 0.05) is 6.04 Å². The number of hydrogen-bond acceptors (Lipinski definition) is 2. The molecule has 0 aromatic heterocycles. The molecule has 2 aromatic rings. The van der Waals surface area contributed by atoms with Gasteiger partial charge in [-0.2, -0.15) is 0 Å². The molecule has 0 amide bonds. The van der Waals surface area contributed by atoms with Crippen molar-refractivity contribution in [3.05, 3.63) is 42.0 Å². The molecule has 2 aromatic carbocycles. The number of hydrogen-bond donors (Lipinski definition) is 1. The van der Waals surface area contributed by atoms with Gasteiger partial charge in [0.15, 0.2) is 0 Å². The number of benzene rings is 2. The number of methoxy groups -OCH3 is 1. The second kappa shape index (κ2) is 6.07. The van der Waals surface area contributed by atoms with E-state index < -0.39 is 0 Å². The van der Waals surface area contributed by atoms with Crippen LogP contribution in [-0.2, 0) is 0 Å². The minimum atomic E-state index is 0. The molecule has 98 valence electrons. The summed E-state index contributed by atoms with van der Waals surface area (Å²) in [4.78, 5) is 0. The van der Waals surface area contributed by atoms with E-state index in [4.69, 9.17) is 10.5 Å². The predicted octanol–water partition coefficient (Wildman–Crippen LogP) is 3.93. The van der Waals surface area contributed by atoms with E-state index in [0.29, 0.717) is 5.92 Å². The number of rotatable bonds is 3. The third kappa shape index (κ3) is 2.95. The molecule has 0 aliphatic heterocycles. The van der Waals surface area contributed by atoms with Gasteiger partial charge >= 0.3 is 0 Å². The molecule has 0 saturated heterocycles. The number of fused-ring (bicyclic) bond motifs is 1. The van der Waals surface area contributed by atoms with Crippen LogP contribution in [0.25, 0.3) is 10.8 Å². The number of halogens is 1. The van der Waals surface area contributed by atoms with Gasteiger partial charge in [0.2, 0.25) is 0 Å². The normalized spacial score (nSPS) is 12.3. The Hall–Kier alpha value is -1.25. The lowest BCUT2D eigenvalue weighted by atomic mass is 9.95. The Morgan fingerprint density at radius 1 is 1.00 bits per heavy atom. The third-order valence-electron chi connectivity index (χ3n) is 3.17. The summed E-state index contributed by atoms with van der Waals surface area (Å²) in [6.45, 7) is 4.28. The molecule has 2 nitrogen and oxygen atoms in total. The molecule has 0 fully saturated rings. The summed E-state index contributed by atoms with van der Waals surface area (Å²) in [7, 11) is 1.68. The molecule has 0 saturated carbocycles. The molecule has 0 spiro atoms. The highest BCUT2D eigenvalue weighted by molar-refractivity contribution is 5.85. The van der Waals surface area contributed by atoms with Gasteiger partial charge in [0.05, 0.1) is 7.11 Å². The lowest BCUT2D eigenvalue weighted by Crippen LogP contribution is -2.16. The van der Waals surface area contributed by atoms with Crippen molar-refractivity contribution in [2.45, 2.75) is 19.9 Å². The standard InChI is InChI=1S/C15H19NO.ClH/c1-10(2)15(16)13-5-4-12-9-14(17-3)7-6-11(12)8-13;/h4-10,15H,16H2,1-3H3;1H/t15-;/m0./s1. The van der Waals surface area contributed by atoms with E-state index in [0.717, 1.165) is 5.75 Å². The van der Waals surface area contributed by atoms with Crippen LogP contribution in [0.4, 0.5) is 0 Å². The molecule has 0 radical (unpaired) electrons. The van der Waals surface area contributed by atoms with Crippen molar-refractivity contribution >= 4 is 23.2 Å². The summed E-state index contributed by atoms with van der Waals surface area (Å²) in [6.07, 6.45) is 0. The minimum Gasteiger partial charge on any atom is -0.497 e. The Morgan fingerprint density at radius 2 is 1.61 bits per heavy atom. The first kappa shape index (κ1) is 14.8. The molecule has 18 heavy (non-hydrogen) atoms. The Kier molecular flexibility index (Phi) is 5.00. The van der Waals surface area contributed by atoms with E-state index in [9.17, 15) is 0 Å². The maximum atomic E-state index is 6.16. The minimum absolute atomic E-state index is 0. The topological polar surface area (TPSA) is 35.2 Å². The van der Waals surface area contributed by atoms with Gasteiger partial charge in [-0.05, 0) is 40.5 Å². The summed E-state index contributed by atoms with van der Waals surface area (Å²) < 4.78 is 5.21. The SMILES string of the molecule is COc1ccc2cc([C@@H](N)C(C)C)ccc2c1.Cl. The highest BCUT2D eigenvalue weighted by atomic mass is 35.5. The van der Waals surface area contributed by atoms with Crippen molar-refractivity contribution in [2.24, 2.45) is 11.7 Å². The van der Waals surface area contributed by atoms with E-state index in [2.05, 4.69) is 38.1 Å². The Bertz CT molecular complexity index is 525. The molecule has 2 N–H and O–H groups in total. The summed E-state index contributed by atoms with van der Waals surface area (Å²) >= 11 is 0. The van der Waals surface area contributed by atoms with Crippen molar-refractivity contribution in [2.75, 3.05) is 7.11 Å². The van der Waals surface area contributed by atoms with E-state index in [1.54, 1.807) is 7.11 Å². The second-order valence-corrected chi connectivity index (χ2v) is 4.74. The summed E-state index contributed by atoms with van der Waals surface area (Å²) in [5.74, 6) is 1.34. The van der Waals surface area contributed by atoms with Crippen molar-refractivity contribution < 1.29 is 4.74 Å². The first-order chi connectivity index (χ1) is 8.11. The first-order valence-corrected chi connectivity index (χ1v) is 5.95. The highest BCUT2D eigenvalue weighted by Crippen LogP contribution is 2.26. The van der Waals surface area contributed by atoms with Crippen LogP contribution in [0.1, 0.15) is 25.5 Å². The summed E-state index contributed by atoms with van der Waals surface area (Å²) in [5, 5.41) is 2.39. The molecule has 0 unspecified atom stereocenters. The molecule has 0 aliphatic carbocycles. The van der Waals surface area contributed by atoms with E-state index in [1.807, 2.05) is 12.1 Å². The molecule has 0 aliphatic rings. The molecule has 2 rings (SSSR count). The van der Waals surface area contributed by atoms with Gasteiger partial charge < -0.3 is 10.5 Å². The van der Waals surface area contributed by atoms with Crippen LogP contribution in [0, 0.1) is 5.92 Å². The average molecular weight is 266 g/mol. The van der Waals surface area contributed by atoms with Gasteiger partial charge in [-0.15, -0.1) is 12.4 Å². The van der Waals surface area contributed by atoms with Crippen LogP contribution in [0.5, 0.6) is 5.75 Å². The van der Waals surface area contributed by atoms with Gasteiger partial charge in [-0.25, -0.2) is 0 Å². The van der Waals surface area contributed by atoms with Crippen molar-refractivity contribution in [1.29, 1.82) is 0 Å². The van der Waals surface area contributed by atoms with Crippen LogP contribution in [0.2, 0.25) is 0 Å². The molecule has 3 heteroatoms. The highest BCUT2D eigenvalue weighted by Gasteiger charge is 2.10. The Labute approximate surface area is 115 Å². The van der Waals surface area contributed by atoms with Gasteiger partial charge in [-0.1, -0.05) is 32.0 Å². The fraction of sp³-hybridized carbons (Fsp3) is 0.333. The Balaban J connectivity index is 0.00000162. The molecular weight excluding hydrogens is 246 g/mol. The maximum absolute atomic E-state index is 6.16. The fourth-order valence-corrected chi connectivity index (χ4v) is 1.96. The average Bonchev–Trinajstić information content (AvgIpc) is 2.36. The van der Waals surface area contributed by atoms with Gasteiger partial charge in [0.1, 0.15) is 5.75 Å². The smallest absolute Gasteiger partial charge is 0.119 e. The van der Waals surface area contributed by atoms with Crippen molar-refractivity contribution in [3.8, 4) is 5.75 Å². The van der Waals surface area contributed by atoms with Crippen molar-refractivity contribution in [3.63, 3.8) is 0 Å². The zero-order valence-electron chi connectivity index (χ0n) is 11.0. The van der Waals surface area contributed by atoms with E-state index >= 15 is 0 Å². The lowest BCUT2D eigenvalue weighted by molar-refractivity contribution is 0.415. The predicted molar refractivity (Wildman–Crippen MR) is 79.5 cm³/mol. The quantitative estimate of drug-likeness (QED) is 0.913. The van der Waals surface area contributed by atoms with E-state index in [1.165, 1.54) is 16.3 Å². The van der Waals surface area contributed by atoms with Gasteiger partial charge in [0.25, 0.3) is 0 Å². The number of nitrogens with two attached hydrogens (primary N) is 1. The molecule has 0 heterocycles. The molecule has 1 atom stereocenters. The van der Waals surface area contributed by atoms with Crippen molar-refractivity contribution in [1.82, 2.24) is 0 Å². The largest absolute Gasteiger partial charge is 0.497 e. The monoisotopic (exact) mass is 265 g/mol. The first-order valence-electron chi connectivity index (χ1n) is 5.95. The van der Waals surface area contributed by atoms with Crippen LogP contribution in [-0.4, -0.2) is 7.11 Å². The van der Waals surface area contributed by atoms with Crippen LogP contribution in [0.15, 0.2) is 36.4 Å². The second-order valence-electron chi connectivity index (χ2n) is 4.74. The number of ether oxygens (including phenoxy) is 1. The van der Waals surface area contributed by atoms with E-state index in [-0.39, 0.29) is 18.4 Å². The van der Waals surface area contributed by atoms with Crippen LogP contribution >= 0.6 is 12.4 Å². The van der Waals surface area contributed by atoms with Gasteiger partial charge in [-0.3, -0.25) is 0 Å². The van der Waals surface area contributed by atoms with Crippen LogP contribution in [0.3, 0.4) is 0 Å². The summed E-state index contributed by atoms with van der Waals surface area (Å²) in [6, 6.07) is 12.6. The van der Waals surface area contributed by atoms with Crippen LogP contribution < -0.4 is 10.5 Å². The zero-order chi connectivity index (χ0) is 12.4. The zero-order valence-corrected chi connectivity index (χ0v) is 11.8. The molecule has 0 bridgehead atoms. The fourth-order valence-electron chi connectivity index (χ4n) is 1.96. The summed E-state index contributed by atoms with van der Waals surface area (Å²) in [5.41, 5.74) is 7.35. The molecular formula is C15H20ClNO.